The van der Waals surface area contributed by atoms with Crippen molar-refractivity contribution >= 4 is 34.0 Å². The lowest BCUT2D eigenvalue weighted by Gasteiger charge is -2.06. The third-order valence-corrected chi connectivity index (χ3v) is 4.83. The Labute approximate surface area is 161 Å². The van der Waals surface area contributed by atoms with Gasteiger partial charge in [0.1, 0.15) is 11.4 Å². The molecule has 2 aromatic carbocycles. The van der Waals surface area contributed by atoms with Crippen LogP contribution in [0.1, 0.15) is 32.0 Å². The van der Waals surface area contributed by atoms with Crippen molar-refractivity contribution in [3.05, 3.63) is 70.2 Å². The first-order chi connectivity index (χ1) is 13.0. The number of hydrogen-bond donors (Lipinski definition) is 2. The van der Waals surface area contributed by atoms with E-state index < -0.39 is 0 Å². The number of nitrogens with zero attached hydrogens (tertiary/aromatic N) is 1. The van der Waals surface area contributed by atoms with Crippen LogP contribution in [0.4, 0.5) is 10.8 Å². The van der Waals surface area contributed by atoms with Crippen LogP contribution in [-0.2, 0) is 0 Å². The molecule has 0 bridgehead atoms. The first-order valence-corrected chi connectivity index (χ1v) is 9.14. The van der Waals surface area contributed by atoms with Gasteiger partial charge in [0.15, 0.2) is 5.13 Å². The van der Waals surface area contributed by atoms with E-state index in [-0.39, 0.29) is 17.5 Å². The molecule has 2 amide bonds. The highest BCUT2D eigenvalue weighted by Gasteiger charge is 2.14. The van der Waals surface area contributed by atoms with Gasteiger partial charge in [-0.25, -0.2) is 4.98 Å². The SMILES string of the molecule is COc1ccc(C(=O)Nc2nc(C(=O)Nc3ccc(C)c(C)c3)cs2)cc1. The molecule has 0 fully saturated rings. The van der Waals surface area contributed by atoms with Crippen LogP contribution < -0.4 is 15.4 Å². The molecule has 0 spiro atoms. The minimum absolute atomic E-state index is 0.253. The summed E-state index contributed by atoms with van der Waals surface area (Å²) < 4.78 is 5.07. The van der Waals surface area contributed by atoms with Gasteiger partial charge in [-0.05, 0) is 61.4 Å². The van der Waals surface area contributed by atoms with Crippen molar-refractivity contribution < 1.29 is 14.3 Å². The molecule has 0 aliphatic carbocycles. The molecule has 0 unspecified atom stereocenters. The van der Waals surface area contributed by atoms with E-state index in [1.807, 2.05) is 32.0 Å². The number of aromatic nitrogens is 1. The van der Waals surface area contributed by atoms with Gasteiger partial charge in [0, 0.05) is 16.6 Å². The van der Waals surface area contributed by atoms with E-state index in [9.17, 15) is 9.59 Å². The Balaban J connectivity index is 1.65. The first kappa shape index (κ1) is 18.6. The molecule has 27 heavy (non-hydrogen) atoms. The minimum atomic E-state index is -0.320. The largest absolute Gasteiger partial charge is 0.497 e. The molecule has 3 rings (SSSR count). The van der Waals surface area contributed by atoms with E-state index in [0.717, 1.165) is 11.1 Å². The van der Waals surface area contributed by atoms with E-state index >= 15 is 0 Å². The number of rotatable bonds is 5. The molecule has 138 valence electrons. The number of amides is 2. The molecule has 2 N–H and O–H groups in total. The second-order valence-corrected chi connectivity index (χ2v) is 6.83. The highest BCUT2D eigenvalue weighted by molar-refractivity contribution is 7.14. The third kappa shape index (κ3) is 4.51. The van der Waals surface area contributed by atoms with Gasteiger partial charge in [0.25, 0.3) is 11.8 Å². The van der Waals surface area contributed by atoms with Crippen molar-refractivity contribution in [3.8, 4) is 5.75 Å². The van der Waals surface area contributed by atoms with Gasteiger partial charge < -0.3 is 10.1 Å². The minimum Gasteiger partial charge on any atom is -0.497 e. The molecule has 0 saturated carbocycles. The normalized spacial score (nSPS) is 10.3. The summed E-state index contributed by atoms with van der Waals surface area (Å²) >= 11 is 1.20. The summed E-state index contributed by atoms with van der Waals surface area (Å²) in [6.45, 7) is 4.00. The van der Waals surface area contributed by atoms with Crippen LogP contribution in [-0.4, -0.2) is 23.9 Å². The Kier molecular flexibility index (Phi) is 5.52. The third-order valence-electron chi connectivity index (χ3n) is 4.07. The van der Waals surface area contributed by atoms with Crippen molar-refractivity contribution in [2.24, 2.45) is 0 Å². The van der Waals surface area contributed by atoms with Crippen LogP contribution in [0.3, 0.4) is 0 Å². The Bertz CT molecular complexity index is 980. The quantitative estimate of drug-likeness (QED) is 0.691. The highest BCUT2D eigenvalue weighted by Crippen LogP contribution is 2.20. The number of carbonyl (C=O) groups excluding carboxylic acids is 2. The molecule has 1 aromatic heterocycles. The molecule has 3 aromatic rings. The number of benzene rings is 2. The fourth-order valence-electron chi connectivity index (χ4n) is 2.36. The summed E-state index contributed by atoms with van der Waals surface area (Å²) in [6, 6.07) is 12.4. The zero-order valence-corrected chi connectivity index (χ0v) is 16.0. The topological polar surface area (TPSA) is 80.3 Å². The lowest BCUT2D eigenvalue weighted by molar-refractivity contribution is 0.101. The zero-order valence-electron chi connectivity index (χ0n) is 15.2. The van der Waals surface area contributed by atoms with Crippen LogP contribution in [0.2, 0.25) is 0 Å². The maximum absolute atomic E-state index is 12.4. The number of aryl methyl sites for hydroxylation is 2. The van der Waals surface area contributed by atoms with Crippen molar-refractivity contribution in [1.29, 1.82) is 0 Å². The molecule has 0 radical (unpaired) electrons. The van der Waals surface area contributed by atoms with Gasteiger partial charge in [-0.2, -0.15) is 0 Å². The van der Waals surface area contributed by atoms with Crippen molar-refractivity contribution in [1.82, 2.24) is 4.98 Å². The number of anilines is 2. The summed E-state index contributed by atoms with van der Waals surface area (Å²) in [7, 11) is 1.56. The number of hydrogen-bond acceptors (Lipinski definition) is 5. The monoisotopic (exact) mass is 381 g/mol. The zero-order chi connectivity index (χ0) is 19.4. The van der Waals surface area contributed by atoms with Gasteiger partial charge in [-0.15, -0.1) is 11.3 Å². The van der Waals surface area contributed by atoms with E-state index in [1.54, 1.807) is 36.8 Å². The molecular formula is C20H19N3O3S. The van der Waals surface area contributed by atoms with Crippen LogP contribution in [0.25, 0.3) is 0 Å². The van der Waals surface area contributed by atoms with E-state index in [0.29, 0.717) is 22.1 Å². The standard InChI is InChI=1S/C20H19N3O3S/c1-12-4-7-15(10-13(12)2)21-19(25)17-11-27-20(22-17)23-18(24)14-5-8-16(26-3)9-6-14/h4-11H,1-3H3,(H,21,25)(H,22,23,24). The van der Waals surface area contributed by atoms with Crippen LogP contribution in [0.5, 0.6) is 5.75 Å². The predicted molar refractivity (Wildman–Crippen MR) is 107 cm³/mol. The summed E-state index contributed by atoms with van der Waals surface area (Å²) in [5.41, 5.74) is 3.69. The van der Waals surface area contributed by atoms with E-state index in [4.69, 9.17) is 4.74 Å². The molecular weight excluding hydrogens is 362 g/mol. The number of carbonyl (C=O) groups is 2. The maximum atomic E-state index is 12.4. The van der Waals surface area contributed by atoms with Gasteiger partial charge in [-0.3, -0.25) is 14.9 Å². The molecule has 6 nitrogen and oxygen atoms in total. The van der Waals surface area contributed by atoms with E-state index in [2.05, 4.69) is 15.6 Å². The lowest BCUT2D eigenvalue weighted by Crippen LogP contribution is -2.14. The summed E-state index contributed by atoms with van der Waals surface area (Å²) in [6.07, 6.45) is 0. The summed E-state index contributed by atoms with van der Waals surface area (Å²) in [5.74, 6) is 0.0543. The summed E-state index contributed by atoms with van der Waals surface area (Å²) in [5, 5.41) is 7.49. The second kappa shape index (κ2) is 8.01. The molecule has 0 aliphatic rings. The fourth-order valence-corrected chi connectivity index (χ4v) is 3.05. The predicted octanol–water partition coefficient (Wildman–Crippen LogP) is 4.27. The van der Waals surface area contributed by atoms with Gasteiger partial charge in [0.2, 0.25) is 0 Å². The van der Waals surface area contributed by atoms with Crippen molar-refractivity contribution in [2.45, 2.75) is 13.8 Å². The van der Waals surface area contributed by atoms with Gasteiger partial charge in [-0.1, -0.05) is 6.07 Å². The van der Waals surface area contributed by atoms with Crippen LogP contribution >= 0.6 is 11.3 Å². The number of nitrogens with one attached hydrogen (secondary N) is 2. The molecule has 7 heteroatoms. The van der Waals surface area contributed by atoms with Gasteiger partial charge in [0.05, 0.1) is 7.11 Å². The summed E-state index contributed by atoms with van der Waals surface area (Å²) in [4.78, 5) is 28.8. The first-order valence-electron chi connectivity index (χ1n) is 8.26. The van der Waals surface area contributed by atoms with Crippen molar-refractivity contribution in [2.75, 3.05) is 17.7 Å². The van der Waals surface area contributed by atoms with Crippen molar-refractivity contribution in [3.63, 3.8) is 0 Å². The Morgan fingerprint density at radius 1 is 0.963 bits per heavy atom. The average molecular weight is 381 g/mol. The fraction of sp³-hybridized carbons (Fsp3) is 0.150. The molecule has 0 aliphatic heterocycles. The molecule has 1 heterocycles. The Hall–Kier alpha value is -3.19. The molecule has 0 saturated heterocycles. The lowest BCUT2D eigenvalue weighted by atomic mass is 10.1. The van der Waals surface area contributed by atoms with E-state index in [1.165, 1.54) is 11.3 Å². The smallest absolute Gasteiger partial charge is 0.275 e. The average Bonchev–Trinajstić information content (AvgIpc) is 3.13. The Morgan fingerprint density at radius 3 is 2.37 bits per heavy atom. The second-order valence-electron chi connectivity index (χ2n) is 5.97. The number of thiazole rings is 1. The maximum Gasteiger partial charge on any atom is 0.275 e. The van der Waals surface area contributed by atoms with Crippen LogP contribution in [0.15, 0.2) is 47.8 Å². The molecule has 0 atom stereocenters. The Morgan fingerprint density at radius 2 is 1.70 bits per heavy atom. The number of methoxy groups -OCH3 is 1. The number of ether oxygens (including phenoxy) is 1. The highest BCUT2D eigenvalue weighted by atomic mass is 32.1. The van der Waals surface area contributed by atoms with Crippen LogP contribution in [0, 0.1) is 13.8 Å². The van der Waals surface area contributed by atoms with Gasteiger partial charge >= 0.3 is 0 Å².